The molecule has 0 unspecified atom stereocenters. The van der Waals surface area contributed by atoms with E-state index in [-0.39, 0.29) is 6.42 Å². The van der Waals surface area contributed by atoms with Gasteiger partial charge in [-0.15, -0.1) is 0 Å². The summed E-state index contributed by atoms with van der Waals surface area (Å²) in [5, 5.41) is 0. The molecule has 4 nitrogen and oxygen atoms in total. The Bertz CT molecular complexity index is 256. The van der Waals surface area contributed by atoms with Crippen molar-refractivity contribution < 1.29 is 19.1 Å². The summed E-state index contributed by atoms with van der Waals surface area (Å²) in [6, 6.07) is 0. The summed E-state index contributed by atoms with van der Waals surface area (Å²) >= 11 is 0. The van der Waals surface area contributed by atoms with E-state index in [1.54, 1.807) is 0 Å². The molecule has 1 saturated heterocycles. The number of carbonyl (C=O) groups is 2. The van der Waals surface area contributed by atoms with Crippen LogP contribution in [0.25, 0.3) is 0 Å². The van der Waals surface area contributed by atoms with Crippen molar-refractivity contribution in [3.63, 3.8) is 0 Å². The molecule has 1 aliphatic carbocycles. The highest BCUT2D eigenvalue weighted by Gasteiger charge is 2.50. The maximum atomic E-state index is 11.1. The second kappa shape index (κ2) is 2.97. The van der Waals surface area contributed by atoms with Crippen LogP contribution in [-0.4, -0.2) is 17.7 Å². The number of carbonyl (C=O) groups excluding carboxylic acids is 2. The predicted octanol–water partition coefficient (Wildman–Crippen LogP) is 1.24. The van der Waals surface area contributed by atoms with Crippen LogP contribution >= 0.6 is 0 Å². The lowest BCUT2D eigenvalue weighted by Gasteiger charge is -2.32. The topological polar surface area (TPSA) is 52.6 Å². The van der Waals surface area contributed by atoms with Crippen LogP contribution < -0.4 is 0 Å². The van der Waals surface area contributed by atoms with Crippen molar-refractivity contribution in [1.82, 2.24) is 0 Å². The molecule has 2 fully saturated rings. The minimum absolute atomic E-state index is 0.246. The summed E-state index contributed by atoms with van der Waals surface area (Å²) in [4.78, 5) is 22.2. The van der Waals surface area contributed by atoms with E-state index in [1.165, 1.54) is 0 Å². The Morgan fingerprint density at radius 2 is 1.50 bits per heavy atom. The van der Waals surface area contributed by atoms with Gasteiger partial charge in [0.2, 0.25) is 0 Å². The number of hydrogen-bond donors (Lipinski definition) is 0. The highest BCUT2D eigenvalue weighted by Crippen LogP contribution is 2.43. The largest absolute Gasteiger partial charge is 0.422 e. The number of hydrogen-bond acceptors (Lipinski definition) is 4. The van der Waals surface area contributed by atoms with Crippen molar-refractivity contribution in [1.29, 1.82) is 0 Å². The second-order valence-electron chi connectivity index (χ2n) is 4.40. The molecule has 0 bridgehead atoms. The van der Waals surface area contributed by atoms with E-state index in [2.05, 4.69) is 13.8 Å². The molecule has 0 aromatic carbocycles. The van der Waals surface area contributed by atoms with E-state index in [1.807, 2.05) is 0 Å². The molecule has 2 rings (SSSR count). The molecule has 2 aliphatic rings. The normalized spacial score (nSPS) is 35.6. The molecule has 1 aliphatic heterocycles. The summed E-state index contributed by atoms with van der Waals surface area (Å²) in [7, 11) is 0. The lowest BCUT2D eigenvalue weighted by molar-refractivity contribution is -0.242. The third-order valence-electron chi connectivity index (χ3n) is 3.13. The monoisotopic (exact) mass is 198 g/mol. The summed E-state index contributed by atoms with van der Waals surface area (Å²) in [5.74, 6) is -1.00. The van der Waals surface area contributed by atoms with Gasteiger partial charge in [0.05, 0.1) is 0 Å². The van der Waals surface area contributed by atoms with E-state index >= 15 is 0 Å². The molecular formula is C10H14O4. The van der Waals surface area contributed by atoms with Crippen LogP contribution in [0.5, 0.6) is 0 Å². The zero-order valence-corrected chi connectivity index (χ0v) is 8.41. The molecule has 0 aromatic heterocycles. The van der Waals surface area contributed by atoms with Crippen molar-refractivity contribution in [3.05, 3.63) is 0 Å². The molecule has 0 amide bonds. The van der Waals surface area contributed by atoms with Gasteiger partial charge in [0.1, 0.15) is 6.42 Å². The van der Waals surface area contributed by atoms with Gasteiger partial charge in [-0.05, 0) is 11.8 Å². The first kappa shape index (κ1) is 9.49. The first-order chi connectivity index (χ1) is 6.51. The molecular weight excluding hydrogens is 184 g/mol. The van der Waals surface area contributed by atoms with Gasteiger partial charge < -0.3 is 9.47 Å². The number of esters is 2. The van der Waals surface area contributed by atoms with E-state index in [0.29, 0.717) is 24.7 Å². The zero-order chi connectivity index (χ0) is 10.3. The van der Waals surface area contributed by atoms with Crippen LogP contribution in [0, 0.1) is 11.8 Å². The SMILES string of the molecule is C[C@@H]1CC2(C[C@H]1C)OC(=O)CC(=O)O2. The van der Waals surface area contributed by atoms with Crippen molar-refractivity contribution in [2.24, 2.45) is 11.8 Å². The van der Waals surface area contributed by atoms with Gasteiger partial charge in [-0.25, -0.2) is 0 Å². The van der Waals surface area contributed by atoms with Crippen molar-refractivity contribution in [2.75, 3.05) is 0 Å². The molecule has 0 radical (unpaired) electrons. The minimum Gasteiger partial charge on any atom is -0.422 e. The Labute approximate surface area is 82.6 Å². The quantitative estimate of drug-likeness (QED) is 0.434. The standard InChI is InChI=1S/C10H14O4/c1-6-4-10(5-7(6)2)13-8(11)3-9(12)14-10/h6-7H,3-5H2,1-2H3/t6-,7-/m1/s1. The Balaban J connectivity index is 2.16. The second-order valence-corrected chi connectivity index (χ2v) is 4.40. The zero-order valence-electron chi connectivity index (χ0n) is 8.41. The molecule has 0 aromatic rings. The maximum absolute atomic E-state index is 11.1. The first-order valence-electron chi connectivity index (χ1n) is 4.94. The van der Waals surface area contributed by atoms with Crippen LogP contribution in [0.1, 0.15) is 33.1 Å². The molecule has 2 atom stereocenters. The van der Waals surface area contributed by atoms with Gasteiger partial charge in [-0.2, -0.15) is 0 Å². The fraction of sp³-hybridized carbons (Fsp3) is 0.800. The molecule has 0 N–H and O–H groups in total. The Kier molecular flexibility index (Phi) is 2.01. The van der Waals surface area contributed by atoms with E-state index in [0.717, 1.165) is 0 Å². The van der Waals surface area contributed by atoms with Crippen LogP contribution in [0.15, 0.2) is 0 Å². The molecule has 1 heterocycles. The van der Waals surface area contributed by atoms with Crippen LogP contribution in [-0.2, 0) is 19.1 Å². The fourth-order valence-corrected chi connectivity index (χ4v) is 2.26. The highest BCUT2D eigenvalue weighted by atomic mass is 16.7. The van der Waals surface area contributed by atoms with E-state index in [4.69, 9.17) is 9.47 Å². The van der Waals surface area contributed by atoms with Gasteiger partial charge in [0, 0.05) is 12.8 Å². The van der Waals surface area contributed by atoms with Gasteiger partial charge in [0.25, 0.3) is 5.79 Å². The van der Waals surface area contributed by atoms with E-state index < -0.39 is 17.7 Å². The van der Waals surface area contributed by atoms with Crippen molar-refractivity contribution in [2.45, 2.75) is 38.9 Å². The van der Waals surface area contributed by atoms with E-state index in [9.17, 15) is 9.59 Å². The minimum atomic E-state index is -0.939. The van der Waals surface area contributed by atoms with Crippen molar-refractivity contribution >= 4 is 11.9 Å². The summed E-state index contributed by atoms with van der Waals surface area (Å²) in [6.45, 7) is 4.16. The van der Waals surface area contributed by atoms with Gasteiger partial charge >= 0.3 is 11.9 Å². The highest BCUT2D eigenvalue weighted by molar-refractivity contribution is 5.93. The lowest BCUT2D eigenvalue weighted by atomic mass is 10.0. The number of rotatable bonds is 0. The summed E-state index contributed by atoms with van der Waals surface area (Å²) in [6.07, 6.45) is 1.02. The number of ether oxygens (including phenoxy) is 2. The van der Waals surface area contributed by atoms with Crippen molar-refractivity contribution in [3.8, 4) is 0 Å². The molecule has 1 saturated carbocycles. The van der Waals surface area contributed by atoms with Crippen LogP contribution in [0.3, 0.4) is 0 Å². The van der Waals surface area contributed by atoms with Gasteiger partial charge in [0.15, 0.2) is 0 Å². The van der Waals surface area contributed by atoms with Gasteiger partial charge in [-0.1, -0.05) is 13.8 Å². The summed E-state index contributed by atoms with van der Waals surface area (Å²) in [5.41, 5.74) is 0. The average molecular weight is 198 g/mol. The maximum Gasteiger partial charge on any atom is 0.320 e. The third-order valence-corrected chi connectivity index (χ3v) is 3.13. The summed E-state index contributed by atoms with van der Waals surface area (Å²) < 4.78 is 10.3. The van der Waals surface area contributed by atoms with Gasteiger partial charge in [-0.3, -0.25) is 9.59 Å². The fourth-order valence-electron chi connectivity index (χ4n) is 2.26. The Morgan fingerprint density at radius 1 is 1.07 bits per heavy atom. The molecule has 78 valence electrons. The third kappa shape index (κ3) is 1.49. The lowest BCUT2D eigenvalue weighted by Crippen LogP contribution is -2.43. The smallest absolute Gasteiger partial charge is 0.320 e. The molecule has 1 spiro atoms. The van der Waals surface area contributed by atoms with Crippen LogP contribution in [0.4, 0.5) is 0 Å². The molecule has 14 heavy (non-hydrogen) atoms. The first-order valence-corrected chi connectivity index (χ1v) is 4.94. The van der Waals surface area contributed by atoms with Crippen LogP contribution in [0.2, 0.25) is 0 Å². The molecule has 4 heteroatoms. The Morgan fingerprint density at radius 3 is 1.93 bits per heavy atom. The predicted molar refractivity (Wildman–Crippen MR) is 47.1 cm³/mol. The average Bonchev–Trinajstić information content (AvgIpc) is 2.23. The Hall–Kier alpha value is -1.06.